The summed E-state index contributed by atoms with van der Waals surface area (Å²) in [7, 11) is 0. The van der Waals surface area contributed by atoms with Gasteiger partial charge < -0.3 is 14.5 Å². The fourth-order valence-electron chi connectivity index (χ4n) is 3.55. The summed E-state index contributed by atoms with van der Waals surface area (Å²) in [5, 5.41) is 13.3. The van der Waals surface area contributed by atoms with Crippen LogP contribution in [0.1, 0.15) is 50.2 Å². The average Bonchev–Trinajstić information content (AvgIpc) is 3.10. The maximum absolute atomic E-state index is 12.9. The predicted molar refractivity (Wildman–Crippen MR) is 85.2 cm³/mol. The largest absolute Gasteiger partial charge is 0.481 e. The van der Waals surface area contributed by atoms with Gasteiger partial charge in [0.15, 0.2) is 5.82 Å². The van der Waals surface area contributed by atoms with Crippen LogP contribution in [0.15, 0.2) is 16.7 Å². The lowest BCUT2D eigenvalue weighted by molar-refractivity contribution is -0.151. The maximum Gasteiger partial charge on any atom is 0.307 e. The van der Waals surface area contributed by atoms with Crippen LogP contribution in [0.5, 0.6) is 0 Å². The Morgan fingerprint density at radius 3 is 2.75 bits per heavy atom. The molecule has 7 nitrogen and oxygen atoms in total. The zero-order valence-electron chi connectivity index (χ0n) is 13.9. The van der Waals surface area contributed by atoms with Crippen molar-refractivity contribution in [1.82, 2.24) is 15.0 Å². The van der Waals surface area contributed by atoms with Gasteiger partial charge in [-0.2, -0.15) is 4.98 Å². The number of hydrogen-bond acceptors (Lipinski definition) is 5. The highest BCUT2D eigenvalue weighted by atomic mass is 16.5. The van der Waals surface area contributed by atoms with E-state index in [-0.39, 0.29) is 11.8 Å². The molecule has 7 heteroatoms. The molecule has 2 heterocycles. The Bertz CT molecular complexity index is 640. The molecule has 0 spiro atoms. The smallest absolute Gasteiger partial charge is 0.307 e. The molecule has 1 aromatic rings. The van der Waals surface area contributed by atoms with Crippen LogP contribution in [0.3, 0.4) is 0 Å². The van der Waals surface area contributed by atoms with Crippen molar-refractivity contribution in [3.63, 3.8) is 0 Å². The van der Waals surface area contributed by atoms with Gasteiger partial charge in [-0.3, -0.25) is 9.59 Å². The van der Waals surface area contributed by atoms with Gasteiger partial charge in [0.2, 0.25) is 11.8 Å². The highest BCUT2D eigenvalue weighted by Crippen LogP contribution is 2.31. The monoisotopic (exact) mass is 333 g/mol. The van der Waals surface area contributed by atoms with Gasteiger partial charge in [-0.25, -0.2) is 0 Å². The molecule has 0 radical (unpaired) electrons. The van der Waals surface area contributed by atoms with E-state index < -0.39 is 17.8 Å². The van der Waals surface area contributed by atoms with E-state index >= 15 is 0 Å². The van der Waals surface area contributed by atoms with Gasteiger partial charge in [-0.05, 0) is 25.7 Å². The number of aryl methyl sites for hydroxylation is 1. The van der Waals surface area contributed by atoms with Crippen molar-refractivity contribution in [2.75, 3.05) is 13.1 Å². The van der Waals surface area contributed by atoms with Gasteiger partial charge in [0, 0.05) is 19.5 Å². The van der Waals surface area contributed by atoms with E-state index in [1.165, 1.54) is 0 Å². The highest BCUT2D eigenvalue weighted by Gasteiger charge is 2.38. The molecule has 1 fully saturated rings. The van der Waals surface area contributed by atoms with Crippen molar-refractivity contribution in [2.24, 2.45) is 11.8 Å². The third-order valence-electron chi connectivity index (χ3n) is 4.95. The molecule has 1 aliphatic heterocycles. The fourth-order valence-corrected chi connectivity index (χ4v) is 3.55. The number of allylic oxidation sites excluding steroid dienone is 2. The minimum absolute atomic E-state index is 0.0397. The molecule has 130 valence electrons. The van der Waals surface area contributed by atoms with Crippen molar-refractivity contribution in [3.05, 3.63) is 23.9 Å². The number of amides is 1. The van der Waals surface area contributed by atoms with Crippen molar-refractivity contribution in [3.8, 4) is 0 Å². The molecule has 0 unspecified atom stereocenters. The molecule has 0 aromatic carbocycles. The minimum atomic E-state index is -0.893. The summed E-state index contributed by atoms with van der Waals surface area (Å²) in [5.41, 5.74) is 0. The molecular formula is C17H23N3O4. The Kier molecular flexibility index (Phi) is 4.97. The number of nitrogens with zero attached hydrogens (tertiary/aromatic N) is 3. The average molecular weight is 333 g/mol. The van der Waals surface area contributed by atoms with Gasteiger partial charge in [-0.1, -0.05) is 24.2 Å². The first-order valence-electron chi connectivity index (χ1n) is 8.59. The Hall–Kier alpha value is -2.18. The first kappa shape index (κ1) is 16.7. The number of carbonyl (C=O) groups is 2. The minimum Gasteiger partial charge on any atom is -0.481 e. The lowest BCUT2D eigenvalue weighted by Gasteiger charge is -2.35. The van der Waals surface area contributed by atoms with E-state index in [4.69, 9.17) is 4.52 Å². The first-order valence-corrected chi connectivity index (χ1v) is 8.59. The Morgan fingerprint density at radius 2 is 2.08 bits per heavy atom. The second-order valence-corrected chi connectivity index (χ2v) is 6.52. The van der Waals surface area contributed by atoms with Gasteiger partial charge >= 0.3 is 5.97 Å². The summed E-state index contributed by atoms with van der Waals surface area (Å²) < 4.78 is 5.32. The standard InChI is InChI=1S/C17H23N3O4/c1-2-14-18-15(24-19-14)11-6-5-9-20(10-11)16(21)12-7-3-4-8-13(12)17(22)23/h3-4,11-13H,2,5-10H2,1H3,(H,22,23)/t11-,12+,13+/m1/s1. The molecule has 2 aliphatic rings. The number of carboxylic acid groups (broad SMARTS) is 1. The number of aliphatic carboxylic acids is 1. The second-order valence-electron chi connectivity index (χ2n) is 6.52. The quantitative estimate of drug-likeness (QED) is 0.847. The number of carbonyl (C=O) groups excluding carboxylic acids is 1. The number of likely N-dealkylation sites (tertiary alicyclic amines) is 1. The molecule has 1 N–H and O–H groups in total. The Balaban J connectivity index is 1.70. The first-order chi connectivity index (χ1) is 11.6. The molecule has 3 atom stereocenters. The molecule has 3 rings (SSSR count). The third-order valence-corrected chi connectivity index (χ3v) is 4.95. The molecular weight excluding hydrogens is 310 g/mol. The van der Waals surface area contributed by atoms with Crippen molar-refractivity contribution in [2.45, 2.75) is 44.9 Å². The Labute approximate surface area is 140 Å². The van der Waals surface area contributed by atoms with Gasteiger partial charge in [0.25, 0.3) is 0 Å². The molecule has 24 heavy (non-hydrogen) atoms. The summed E-state index contributed by atoms with van der Waals surface area (Å²) in [6.07, 6.45) is 7.17. The summed E-state index contributed by atoms with van der Waals surface area (Å²) in [6.45, 7) is 3.15. The number of piperidine rings is 1. The molecule has 1 aromatic heterocycles. The molecule has 1 aliphatic carbocycles. The van der Waals surface area contributed by atoms with Gasteiger partial charge in [0.05, 0.1) is 17.8 Å². The van der Waals surface area contributed by atoms with Crippen molar-refractivity contribution in [1.29, 1.82) is 0 Å². The molecule has 1 saturated heterocycles. The van der Waals surface area contributed by atoms with Crippen LogP contribution in [0.25, 0.3) is 0 Å². The summed E-state index contributed by atoms with van der Waals surface area (Å²) in [4.78, 5) is 30.5. The van der Waals surface area contributed by atoms with E-state index in [0.717, 1.165) is 12.8 Å². The van der Waals surface area contributed by atoms with E-state index in [1.807, 2.05) is 19.1 Å². The van der Waals surface area contributed by atoms with Crippen LogP contribution < -0.4 is 0 Å². The molecule has 1 amide bonds. The van der Waals surface area contributed by atoms with E-state index in [0.29, 0.717) is 44.1 Å². The number of aromatic nitrogens is 2. The third kappa shape index (κ3) is 3.34. The highest BCUT2D eigenvalue weighted by molar-refractivity contribution is 5.85. The normalized spacial score (nSPS) is 27.2. The van der Waals surface area contributed by atoms with Crippen LogP contribution in [0.2, 0.25) is 0 Å². The zero-order chi connectivity index (χ0) is 17.1. The zero-order valence-corrected chi connectivity index (χ0v) is 13.9. The van der Waals surface area contributed by atoms with Crippen LogP contribution in [-0.2, 0) is 16.0 Å². The van der Waals surface area contributed by atoms with Gasteiger partial charge in [-0.15, -0.1) is 0 Å². The topological polar surface area (TPSA) is 96.5 Å². The van der Waals surface area contributed by atoms with Crippen molar-refractivity contribution < 1.29 is 19.2 Å². The maximum atomic E-state index is 12.9. The fraction of sp³-hybridized carbons (Fsp3) is 0.647. The predicted octanol–water partition coefficient (Wildman–Crippen LogP) is 2.00. The lowest BCUT2D eigenvalue weighted by Crippen LogP contribution is -2.45. The number of carboxylic acids is 1. The second kappa shape index (κ2) is 7.15. The lowest BCUT2D eigenvalue weighted by atomic mass is 9.81. The summed E-state index contributed by atoms with van der Waals surface area (Å²) in [6, 6.07) is 0. The number of hydrogen-bond donors (Lipinski definition) is 1. The summed E-state index contributed by atoms with van der Waals surface area (Å²) >= 11 is 0. The molecule has 0 saturated carbocycles. The van der Waals surface area contributed by atoms with Crippen LogP contribution in [-0.4, -0.2) is 45.1 Å². The van der Waals surface area contributed by atoms with E-state index in [1.54, 1.807) is 4.90 Å². The number of rotatable bonds is 4. The molecule has 0 bridgehead atoms. The van der Waals surface area contributed by atoms with Gasteiger partial charge in [0.1, 0.15) is 0 Å². The van der Waals surface area contributed by atoms with E-state index in [2.05, 4.69) is 10.1 Å². The van der Waals surface area contributed by atoms with Crippen LogP contribution in [0, 0.1) is 11.8 Å². The SMILES string of the molecule is CCc1noc([C@@H]2CCCN(C(=O)[C@H]3CC=CC[C@@H]3C(=O)O)C2)n1. The summed E-state index contributed by atoms with van der Waals surface area (Å²) in [5.74, 6) is -0.752. The van der Waals surface area contributed by atoms with E-state index in [9.17, 15) is 14.7 Å². The van der Waals surface area contributed by atoms with Crippen molar-refractivity contribution >= 4 is 11.9 Å². The van der Waals surface area contributed by atoms with Crippen LogP contribution >= 0.6 is 0 Å². The van der Waals surface area contributed by atoms with Crippen LogP contribution in [0.4, 0.5) is 0 Å². The Morgan fingerprint density at radius 1 is 1.33 bits per heavy atom.